The first-order chi connectivity index (χ1) is 9.93. The highest BCUT2D eigenvalue weighted by molar-refractivity contribution is 7.98. The van der Waals surface area contributed by atoms with Crippen LogP contribution in [0, 0.1) is 17.6 Å². The number of carbonyl (C=O) groups is 1. The van der Waals surface area contributed by atoms with Crippen LogP contribution in [0.2, 0.25) is 0 Å². The second kappa shape index (κ2) is 6.75. The number of hydrogen-bond acceptors (Lipinski definition) is 3. The van der Waals surface area contributed by atoms with E-state index in [2.05, 4.69) is 12.2 Å². The molecule has 1 aromatic rings. The smallest absolute Gasteiger partial charge is 0.241 e. The number of nitrogens with one attached hydrogen (secondary N) is 1. The minimum Gasteiger partial charge on any atom is -0.321 e. The number of halogens is 2. The van der Waals surface area contributed by atoms with Gasteiger partial charge in [-0.3, -0.25) is 10.1 Å². The zero-order valence-electron chi connectivity index (χ0n) is 12.4. The molecule has 0 aromatic heterocycles. The molecular formula is C15H20F2N2OS. The molecule has 6 heteroatoms. The van der Waals surface area contributed by atoms with Crippen molar-refractivity contribution in [3.63, 3.8) is 0 Å². The van der Waals surface area contributed by atoms with Gasteiger partial charge in [-0.25, -0.2) is 8.78 Å². The summed E-state index contributed by atoms with van der Waals surface area (Å²) in [6.45, 7) is 4.37. The predicted octanol–water partition coefficient (Wildman–Crippen LogP) is 2.78. The molecule has 1 saturated heterocycles. The molecule has 0 spiro atoms. The lowest BCUT2D eigenvalue weighted by molar-refractivity contribution is -0.130. The van der Waals surface area contributed by atoms with Gasteiger partial charge in [0.1, 0.15) is 17.8 Å². The first-order valence-corrected chi connectivity index (χ1v) is 8.33. The Morgan fingerprint density at radius 1 is 1.43 bits per heavy atom. The standard InChI is InChI=1S/C15H20F2N2OS/c1-9(8-21-3)7-19-14(18-10(2)15(19)20)12-5-4-11(16)6-13(12)17/h4-6,9-10,14,18H,7-8H2,1-3H3. The Labute approximate surface area is 128 Å². The molecule has 1 aromatic carbocycles. The summed E-state index contributed by atoms with van der Waals surface area (Å²) in [6, 6.07) is 3.12. The number of carbonyl (C=O) groups excluding carboxylic acids is 1. The van der Waals surface area contributed by atoms with Crippen LogP contribution in [0.4, 0.5) is 8.78 Å². The van der Waals surface area contributed by atoms with Crippen LogP contribution in [-0.2, 0) is 4.79 Å². The molecule has 1 fully saturated rings. The predicted molar refractivity (Wildman–Crippen MR) is 81.0 cm³/mol. The maximum atomic E-state index is 14.0. The second-order valence-corrected chi connectivity index (χ2v) is 6.42. The number of thioether (sulfide) groups is 1. The van der Waals surface area contributed by atoms with Crippen molar-refractivity contribution in [2.75, 3.05) is 18.6 Å². The van der Waals surface area contributed by atoms with Crippen molar-refractivity contribution in [1.82, 2.24) is 10.2 Å². The molecule has 1 amide bonds. The molecule has 0 bridgehead atoms. The van der Waals surface area contributed by atoms with Crippen molar-refractivity contribution in [2.24, 2.45) is 5.92 Å². The van der Waals surface area contributed by atoms with Crippen LogP contribution >= 0.6 is 11.8 Å². The van der Waals surface area contributed by atoms with Gasteiger partial charge in [0.25, 0.3) is 0 Å². The molecule has 3 nitrogen and oxygen atoms in total. The fourth-order valence-corrected chi connectivity index (χ4v) is 3.30. The molecule has 1 aliphatic rings. The Kier molecular flexibility index (Phi) is 5.22. The number of rotatable bonds is 5. The third-order valence-electron chi connectivity index (χ3n) is 3.59. The summed E-state index contributed by atoms with van der Waals surface area (Å²) in [5.41, 5.74) is 0.311. The van der Waals surface area contributed by atoms with Gasteiger partial charge in [-0.1, -0.05) is 6.92 Å². The number of nitrogens with zero attached hydrogens (tertiary/aromatic N) is 1. The summed E-state index contributed by atoms with van der Waals surface area (Å²) in [6.07, 6.45) is 1.48. The van der Waals surface area contributed by atoms with Crippen molar-refractivity contribution in [3.8, 4) is 0 Å². The van der Waals surface area contributed by atoms with Crippen molar-refractivity contribution >= 4 is 17.7 Å². The fraction of sp³-hybridized carbons (Fsp3) is 0.533. The lowest BCUT2D eigenvalue weighted by Crippen LogP contribution is -2.35. The largest absolute Gasteiger partial charge is 0.321 e. The molecule has 0 aliphatic carbocycles. The molecule has 1 heterocycles. The molecule has 3 atom stereocenters. The highest BCUT2D eigenvalue weighted by atomic mass is 32.2. The van der Waals surface area contributed by atoms with Crippen LogP contribution in [0.25, 0.3) is 0 Å². The van der Waals surface area contributed by atoms with Crippen molar-refractivity contribution < 1.29 is 13.6 Å². The monoisotopic (exact) mass is 314 g/mol. The minimum absolute atomic E-state index is 0.0447. The third kappa shape index (κ3) is 3.55. The quantitative estimate of drug-likeness (QED) is 0.907. The highest BCUT2D eigenvalue weighted by Crippen LogP contribution is 2.28. The van der Waals surface area contributed by atoms with E-state index in [1.807, 2.05) is 6.26 Å². The molecule has 21 heavy (non-hydrogen) atoms. The van der Waals surface area contributed by atoms with Gasteiger partial charge in [0.15, 0.2) is 0 Å². The first-order valence-electron chi connectivity index (χ1n) is 6.94. The van der Waals surface area contributed by atoms with Crippen molar-refractivity contribution in [2.45, 2.75) is 26.1 Å². The van der Waals surface area contributed by atoms with E-state index in [0.29, 0.717) is 18.0 Å². The van der Waals surface area contributed by atoms with Crippen LogP contribution in [-0.4, -0.2) is 35.4 Å². The van der Waals surface area contributed by atoms with Gasteiger partial charge >= 0.3 is 0 Å². The molecule has 2 rings (SSSR count). The topological polar surface area (TPSA) is 32.3 Å². The van der Waals surface area contributed by atoms with Gasteiger partial charge in [0.05, 0.1) is 6.04 Å². The van der Waals surface area contributed by atoms with Gasteiger partial charge in [-0.15, -0.1) is 0 Å². The maximum Gasteiger partial charge on any atom is 0.241 e. The Morgan fingerprint density at radius 3 is 2.76 bits per heavy atom. The normalized spacial score (nSPS) is 23.7. The molecule has 116 valence electrons. The summed E-state index contributed by atoms with van der Waals surface area (Å²) in [5.74, 6) is -0.0527. The lowest BCUT2D eigenvalue weighted by Gasteiger charge is -2.27. The number of amides is 1. The fourth-order valence-electron chi connectivity index (χ4n) is 2.62. The number of hydrogen-bond donors (Lipinski definition) is 1. The van der Waals surface area contributed by atoms with Crippen LogP contribution in [0.5, 0.6) is 0 Å². The van der Waals surface area contributed by atoms with E-state index in [0.717, 1.165) is 11.8 Å². The Hall–Kier alpha value is -1.14. The molecular weight excluding hydrogens is 294 g/mol. The summed E-state index contributed by atoms with van der Waals surface area (Å²) in [4.78, 5) is 13.9. The van der Waals surface area contributed by atoms with Gasteiger partial charge in [-0.05, 0) is 37.0 Å². The average molecular weight is 314 g/mol. The van der Waals surface area contributed by atoms with Crippen molar-refractivity contribution in [3.05, 3.63) is 35.4 Å². The van der Waals surface area contributed by atoms with Crippen LogP contribution in [0.15, 0.2) is 18.2 Å². The minimum atomic E-state index is -0.628. The summed E-state index contributed by atoms with van der Waals surface area (Å²) in [7, 11) is 0. The SMILES string of the molecule is CSCC(C)CN1C(=O)C(C)NC1c1ccc(F)cc1F. The molecule has 1 aliphatic heterocycles. The van der Waals surface area contributed by atoms with E-state index in [1.54, 1.807) is 23.6 Å². The Bertz CT molecular complexity index is 526. The second-order valence-electron chi connectivity index (χ2n) is 5.51. The first kappa shape index (κ1) is 16.2. The summed E-state index contributed by atoms with van der Waals surface area (Å²) >= 11 is 1.72. The molecule has 1 N–H and O–H groups in total. The van der Waals surface area contributed by atoms with Crippen LogP contribution in [0.3, 0.4) is 0 Å². The summed E-state index contributed by atoms with van der Waals surface area (Å²) in [5, 5.41) is 3.08. The maximum absolute atomic E-state index is 14.0. The lowest BCUT2D eigenvalue weighted by atomic mass is 10.1. The Morgan fingerprint density at radius 2 is 2.14 bits per heavy atom. The van der Waals surface area contributed by atoms with Gasteiger partial charge in [0, 0.05) is 18.2 Å². The highest BCUT2D eigenvalue weighted by Gasteiger charge is 2.38. The average Bonchev–Trinajstić information content (AvgIpc) is 2.67. The van der Waals surface area contributed by atoms with E-state index >= 15 is 0 Å². The van der Waals surface area contributed by atoms with E-state index in [9.17, 15) is 13.6 Å². The van der Waals surface area contributed by atoms with Gasteiger partial charge < -0.3 is 4.90 Å². The molecule has 3 unspecified atom stereocenters. The third-order valence-corrected chi connectivity index (χ3v) is 4.49. The Balaban J connectivity index is 2.25. The van der Waals surface area contributed by atoms with E-state index < -0.39 is 17.8 Å². The van der Waals surface area contributed by atoms with Crippen LogP contribution in [0.1, 0.15) is 25.6 Å². The van der Waals surface area contributed by atoms with E-state index in [1.165, 1.54) is 12.1 Å². The molecule has 0 saturated carbocycles. The van der Waals surface area contributed by atoms with Gasteiger partial charge in [0.2, 0.25) is 5.91 Å². The van der Waals surface area contributed by atoms with Crippen LogP contribution < -0.4 is 5.32 Å². The zero-order valence-corrected chi connectivity index (χ0v) is 13.2. The summed E-state index contributed by atoms with van der Waals surface area (Å²) < 4.78 is 27.0. The van der Waals surface area contributed by atoms with Crippen molar-refractivity contribution in [1.29, 1.82) is 0 Å². The van der Waals surface area contributed by atoms with E-state index in [-0.39, 0.29) is 11.9 Å². The van der Waals surface area contributed by atoms with Gasteiger partial charge in [-0.2, -0.15) is 11.8 Å². The number of benzene rings is 1. The molecule has 0 radical (unpaired) electrons. The zero-order chi connectivity index (χ0) is 15.6. The van der Waals surface area contributed by atoms with E-state index in [4.69, 9.17) is 0 Å².